The number of hydrogen-bond acceptors (Lipinski definition) is 3. The Kier molecular flexibility index (Phi) is 6.86. The number of rotatable bonds is 7. The van der Waals surface area contributed by atoms with Gasteiger partial charge in [-0.25, -0.2) is 4.79 Å². The lowest BCUT2D eigenvalue weighted by Gasteiger charge is -2.25. The fourth-order valence-corrected chi connectivity index (χ4v) is 8.05. The van der Waals surface area contributed by atoms with E-state index in [1.807, 2.05) is 0 Å². The Labute approximate surface area is 102 Å². The molecule has 0 saturated heterocycles. The molecule has 0 N–H and O–H groups in total. The molecule has 0 aromatic rings. The molecule has 94 valence electrons. The van der Waals surface area contributed by atoms with Gasteiger partial charge in [-0.1, -0.05) is 6.58 Å². The minimum absolute atomic E-state index is 0.293. The Morgan fingerprint density at radius 3 is 2.38 bits per heavy atom. The maximum atomic E-state index is 11.1. The first-order valence-electron chi connectivity index (χ1n) is 5.75. The molecule has 0 unspecified atom stereocenters. The van der Waals surface area contributed by atoms with Crippen LogP contribution in [0.1, 0.15) is 13.3 Å². The molecule has 0 rings (SSSR count). The molecular weight excluding hydrogens is 236 g/mol. The fourth-order valence-electron chi connectivity index (χ4n) is 1.48. The minimum atomic E-state index is -1.52. The van der Waals surface area contributed by atoms with Crippen molar-refractivity contribution < 1.29 is 13.6 Å². The average Bonchev–Trinajstić information content (AvgIpc) is 2.09. The molecular formula is C11H24O3Si2. The molecule has 0 amide bonds. The topological polar surface area (TPSA) is 35.5 Å². The van der Waals surface area contributed by atoms with Gasteiger partial charge in [-0.2, -0.15) is 0 Å². The molecule has 0 saturated carbocycles. The third-order valence-electron chi connectivity index (χ3n) is 2.06. The molecule has 0 atom stereocenters. The van der Waals surface area contributed by atoms with Crippen molar-refractivity contribution in [2.45, 2.75) is 45.6 Å². The van der Waals surface area contributed by atoms with Crippen LogP contribution in [0.5, 0.6) is 0 Å². The Bertz CT molecular complexity index is 250. The fraction of sp³-hybridized carbons (Fsp3) is 0.727. The van der Waals surface area contributed by atoms with E-state index in [1.165, 1.54) is 0 Å². The van der Waals surface area contributed by atoms with E-state index in [1.54, 1.807) is 6.92 Å². The molecule has 3 nitrogen and oxygen atoms in total. The lowest BCUT2D eigenvalue weighted by atomic mass is 10.4. The zero-order valence-corrected chi connectivity index (χ0v) is 13.3. The smallest absolute Gasteiger partial charge is 0.333 e. The van der Waals surface area contributed by atoms with Crippen LogP contribution in [0.2, 0.25) is 32.2 Å². The van der Waals surface area contributed by atoms with Gasteiger partial charge in [0.1, 0.15) is 0 Å². The molecule has 5 heteroatoms. The van der Waals surface area contributed by atoms with Gasteiger partial charge in [-0.3, -0.25) is 0 Å². The van der Waals surface area contributed by atoms with Crippen LogP contribution in [0.3, 0.4) is 0 Å². The van der Waals surface area contributed by atoms with Gasteiger partial charge in [0.15, 0.2) is 17.4 Å². The molecule has 0 heterocycles. The summed E-state index contributed by atoms with van der Waals surface area (Å²) in [6.07, 6.45) is 0.888. The van der Waals surface area contributed by atoms with E-state index >= 15 is 0 Å². The lowest BCUT2D eigenvalue weighted by molar-refractivity contribution is -0.138. The van der Waals surface area contributed by atoms with E-state index in [0.29, 0.717) is 12.2 Å². The highest BCUT2D eigenvalue weighted by Gasteiger charge is 2.23. The van der Waals surface area contributed by atoms with Crippen molar-refractivity contribution in [2.75, 3.05) is 6.61 Å². The van der Waals surface area contributed by atoms with Gasteiger partial charge >= 0.3 is 5.97 Å². The van der Waals surface area contributed by atoms with Crippen molar-refractivity contribution in [3.8, 4) is 0 Å². The predicted octanol–water partition coefficient (Wildman–Crippen LogP) is 2.70. The first-order chi connectivity index (χ1) is 7.24. The van der Waals surface area contributed by atoms with Crippen LogP contribution in [-0.4, -0.2) is 29.9 Å². The third-order valence-corrected chi connectivity index (χ3v) is 8.06. The van der Waals surface area contributed by atoms with Gasteiger partial charge in [0.25, 0.3) is 0 Å². The Balaban J connectivity index is 3.73. The molecule has 0 aliphatic rings. The zero-order chi connectivity index (χ0) is 12.8. The van der Waals surface area contributed by atoms with Crippen molar-refractivity contribution in [1.82, 2.24) is 0 Å². The van der Waals surface area contributed by atoms with Crippen molar-refractivity contribution in [1.29, 1.82) is 0 Å². The zero-order valence-electron chi connectivity index (χ0n) is 11.1. The van der Waals surface area contributed by atoms with E-state index in [-0.39, 0.29) is 5.97 Å². The van der Waals surface area contributed by atoms with Crippen LogP contribution in [0.15, 0.2) is 12.2 Å². The molecule has 0 spiro atoms. The van der Waals surface area contributed by atoms with Crippen molar-refractivity contribution in [3.05, 3.63) is 12.2 Å². The molecule has 0 aliphatic heterocycles. The highest BCUT2D eigenvalue weighted by Crippen LogP contribution is 2.15. The van der Waals surface area contributed by atoms with Crippen LogP contribution in [-0.2, 0) is 13.6 Å². The van der Waals surface area contributed by atoms with E-state index in [0.717, 1.165) is 12.5 Å². The maximum Gasteiger partial charge on any atom is 0.333 e. The van der Waals surface area contributed by atoms with E-state index in [4.69, 9.17) is 8.85 Å². The van der Waals surface area contributed by atoms with Gasteiger partial charge in [-0.05, 0) is 45.6 Å². The summed E-state index contributed by atoms with van der Waals surface area (Å²) in [5, 5.41) is 0. The summed E-state index contributed by atoms with van der Waals surface area (Å²) < 4.78 is 11.1. The molecule has 0 aromatic carbocycles. The Hall–Kier alpha value is -0.396. The highest BCUT2D eigenvalue weighted by atomic mass is 28.4. The van der Waals surface area contributed by atoms with Crippen LogP contribution in [0, 0.1) is 0 Å². The summed E-state index contributed by atoms with van der Waals surface area (Å²) in [6, 6.07) is 1.04. The Morgan fingerprint density at radius 2 is 1.94 bits per heavy atom. The van der Waals surface area contributed by atoms with Crippen LogP contribution >= 0.6 is 0 Å². The number of carbonyl (C=O) groups is 1. The van der Waals surface area contributed by atoms with Crippen molar-refractivity contribution >= 4 is 23.3 Å². The molecule has 0 aliphatic carbocycles. The van der Waals surface area contributed by atoms with E-state index in [9.17, 15) is 4.79 Å². The van der Waals surface area contributed by atoms with Crippen LogP contribution in [0.4, 0.5) is 0 Å². The molecule has 0 bridgehead atoms. The third kappa shape index (κ3) is 7.84. The second-order valence-corrected chi connectivity index (χ2v) is 12.0. The number of ether oxygens (including phenoxy) is 1. The second kappa shape index (κ2) is 7.03. The van der Waals surface area contributed by atoms with Crippen LogP contribution in [0.25, 0.3) is 0 Å². The van der Waals surface area contributed by atoms with Gasteiger partial charge in [0.05, 0.1) is 6.61 Å². The average molecular weight is 260 g/mol. The Morgan fingerprint density at radius 1 is 1.38 bits per heavy atom. The SMILES string of the molecule is C=C(C)C(=O)OCCC[Si](C)(C)O[SiH](C)C. The van der Waals surface area contributed by atoms with Crippen molar-refractivity contribution in [2.24, 2.45) is 0 Å². The minimum Gasteiger partial charge on any atom is -0.462 e. The van der Waals surface area contributed by atoms with Gasteiger partial charge in [-0.15, -0.1) is 0 Å². The summed E-state index contributed by atoms with van der Waals surface area (Å²) in [6.45, 7) is 14.5. The summed E-state index contributed by atoms with van der Waals surface area (Å²) in [4.78, 5) is 11.1. The lowest BCUT2D eigenvalue weighted by Crippen LogP contribution is -2.35. The summed E-state index contributed by atoms with van der Waals surface area (Å²) in [5.74, 6) is -0.293. The molecule has 0 aromatic heterocycles. The summed E-state index contributed by atoms with van der Waals surface area (Å²) in [5.41, 5.74) is 0.461. The second-order valence-electron chi connectivity index (χ2n) is 4.95. The number of esters is 1. The molecule has 0 radical (unpaired) electrons. The predicted molar refractivity (Wildman–Crippen MR) is 72.6 cm³/mol. The van der Waals surface area contributed by atoms with Crippen LogP contribution < -0.4 is 0 Å². The quantitative estimate of drug-likeness (QED) is 0.305. The monoisotopic (exact) mass is 260 g/mol. The van der Waals surface area contributed by atoms with E-state index in [2.05, 4.69) is 32.8 Å². The van der Waals surface area contributed by atoms with Crippen molar-refractivity contribution in [3.63, 3.8) is 0 Å². The summed E-state index contributed by atoms with van der Waals surface area (Å²) in [7, 11) is -2.46. The first-order valence-corrected chi connectivity index (χ1v) is 11.6. The summed E-state index contributed by atoms with van der Waals surface area (Å²) >= 11 is 0. The molecule has 0 fully saturated rings. The first kappa shape index (κ1) is 15.6. The highest BCUT2D eigenvalue weighted by molar-refractivity contribution is 6.77. The maximum absolute atomic E-state index is 11.1. The number of hydrogen-bond donors (Lipinski definition) is 0. The largest absolute Gasteiger partial charge is 0.462 e. The van der Waals surface area contributed by atoms with Gasteiger partial charge < -0.3 is 8.85 Å². The number of carbonyl (C=O) groups excluding carboxylic acids is 1. The normalized spacial score (nSPS) is 11.6. The van der Waals surface area contributed by atoms with E-state index < -0.39 is 17.4 Å². The standard InChI is InChI=1S/C11H24O3Si2/c1-10(2)11(12)13-8-7-9-16(5,6)14-15(3)4/h15H,1,7-9H2,2-6H3. The van der Waals surface area contributed by atoms with Gasteiger partial charge in [0.2, 0.25) is 0 Å². The van der Waals surface area contributed by atoms with Gasteiger partial charge in [0, 0.05) is 5.57 Å². The molecule has 16 heavy (non-hydrogen) atoms.